The Labute approximate surface area is 75.4 Å². The van der Waals surface area contributed by atoms with Crippen molar-refractivity contribution in [3.63, 3.8) is 0 Å². The van der Waals surface area contributed by atoms with Gasteiger partial charge in [0.1, 0.15) is 6.29 Å². The fourth-order valence-corrected chi connectivity index (χ4v) is 2.60. The van der Waals surface area contributed by atoms with Crippen LogP contribution in [0, 0.1) is 0 Å². The highest BCUT2D eigenvalue weighted by molar-refractivity contribution is 6.29. The molecule has 1 aliphatic rings. The summed E-state index contributed by atoms with van der Waals surface area (Å²) in [7, 11) is -0.536. The monoisotopic (exact) mass is 188 g/mol. The highest BCUT2D eigenvalue weighted by Gasteiger charge is 2.13. The predicted octanol–water partition coefficient (Wildman–Crippen LogP) is 0.202. The maximum absolute atomic E-state index is 9.96. The van der Waals surface area contributed by atoms with Crippen LogP contribution in [0.25, 0.3) is 0 Å². The van der Waals surface area contributed by atoms with Gasteiger partial charge >= 0.3 is 0 Å². The summed E-state index contributed by atoms with van der Waals surface area (Å²) >= 11 is 0. The number of ether oxygens (including phenoxy) is 1. The quantitative estimate of drug-likeness (QED) is 0.351. The average Bonchev–Trinajstić information content (AvgIpc) is 2.14. The number of carbonyl (C=O) groups is 1. The van der Waals surface area contributed by atoms with Crippen LogP contribution in [0.3, 0.4) is 0 Å². The summed E-state index contributed by atoms with van der Waals surface area (Å²) in [5.74, 6) is 0. The van der Waals surface area contributed by atoms with E-state index in [0.29, 0.717) is 18.8 Å². The molecule has 0 aromatic carbocycles. The van der Waals surface area contributed by atoms with Crippen LogP contribution < -0.4 is 0 Å². The Morgan fingerprint density at radius 1 is 1.58 bits per heavy atom. The summed E-state index contributed by atoms with van der Waals surface area (Å²) in [6, 6.07) is 0. The topological polar surface area (TPSA) is 35.5 Å². The van der Waals surface area contributed by atoms with E-state index in [-0.39, 0.29) is 0 Å². The average molecular weight is 188 g/mol. The highest BCUT2D eigenvalue weighted by atomic mass is 28.2. The molecule has 1 fully saturated rings. The summed E-state index contributed by atoms with van der Waals surface area (Å²) in [5.41, 5.74) is 0.408. The van der Waals surface area contributed by atoms with Crippen molar-refractivity contribution in [1.29, 1.82) is 0 Å². The first-order valence-electron chi connectivity index (χ1n) is 4.56. The van der Waals surface area contributed by atoms with E-state index in [1.54, 1.807) is 0 Å². The lowest BCUT2D eigenvalue weighted by Gasteiger charge is -2.21. The molecule has 0 aliphatic carbocycles. The molecule has 0 bridgehead atoms. The Morgan fingerprint density at radius 3 is 3.17 bits per heavy atom. The molecule has 0 aromatic rings. The minimum atomic E-state index is -0.536. The van der Waals surface area contributed by atoms with Gasteiger partial charge in [-0.15, -0.1) is 0 Å². The van der Waals surface area contributed by atoms with Crippen molar-refractivity contribution in [2.24, 2.45) is 0 Å². The summed E-state index contributed by atoms with van der Waals surface area (Å²) < 4.78 is 10.9. The molecule has 70 valence electrons. The van der Waals surface area contributed by atoms with Crippen LogP contribution >= 0.6 is 0 Å². The highest BCUT2D eigenvalue weighted by Crippen LogP contribution is 2.11. The molecule has 1 unspecified atom stereocenters. The molecule has 0 radical (unpaired) electrons. The van der Waals surface area contributed by atoms with Crippen molar-refractivity contribution in [3.8, 4) is 0 Å². The van der Waals surface area contributed by atoms with Crippen LogP contribution in [0.1, 0.15) is 25.7 Å². The van der Waals surface area contributed by atoms with Gasteiger partial charge in [-0.05, 0) is 19.3 Å². The Hall–Kier alpha value is -0.193. The largest absolute Gasteiger partial charge is 0.421 e. The normalized spacial score (nSPS) is 24.8. The fourth-order valence-electron chi connectivity index (χ4n) is 1.29. The van der Waals surface area contributed by atoms with E-state index >= 15 is 0 Å². The number of aldehydes is 1. The smallest absolute Gasteiger partial charge is 0.190 e. The molecule has 0 N–H and O–H groups in total. The van der Waals surface area contributed by atoms with E-state index in [0.717, 1.165) is 19.3 Å². The Balaban J connectivity index is 1.94. The molecule has 3 nitrogen and oxygen atoms in total. The number of rotatable bonds is 5. The molecule has 0 saturated carbocycles. The molecule has 1 atom stereocenters. The van der Waals surface area contributed by atoms with Gasteiger partial charge in [-0.2, -0.15) is 0 Å². The Bertz CT molecular complexity index is 123. The predicted molar refractivity (Wildman–Crippen MR) is 48.8 cm³/mol. The zero-order valence-corrected chi connectivity index (χ0v) is 8.74. The lowest BCUT2D eigenvalue weighted by molar-refractivity contribution is -0.108. The van der Waals surface area contributed by atoms with Crippen molar-refractivity contribution in [2.75, 3.05) is 13.2 Å². The number of carbonyl (C=O) groups excluding carboxylic acids is 1. The molecule has 0 aromatic heterocycles. The van der Waals surface area contributed by atoms with Crippen molar-refractivity contribution < 1.29 is 14.0 Å². The Kier molecular flexibility index (Phi) is 5.22. The molecular formula is C8H16O3Si. The first-order chi connectivity index (χ1) is 5.93. The molecular weight excluding hydrogens is 172 g/mol. The van der Waals surface area contributed by atoms with Crippen LogP contribution in [0.15, 0.2) is 0 Å². The van der Waals surface area contributed by atoms with Crippen LogP contribution in [0.2, 0.25) is 0 Å². The molecule has 1 aliphatic heterocycles. The van der Waals surface area contributed by atoms with Gasteiger partial charge < -0.3 is 14.0 Å². The van der Waals surface area contributed by atoms with Gasteiger partial charge in [0.2, 0.25) is 0 Å². The third-order valence-corrected chi connectivity index (χ3v) is 3.50. The van der Waals surface area contributed by atoms with E-state index in [2.05, 4.69) is 0 Å². The lowest BCUT2D eigenvalue weighted by atomic mass is 10.2. The number of hydrogen-bond acceptors (Lipinski definition) is 3. The van der Waals surface area contributed by atoms with Gasteiger partial charge in [0, 0.05) is 19.6 Å². The van der Waals surface area contributed by atoms with Crippen LogP contribution in [0.5, 0.6) is 0 Å². The first kappa shape index (κ1) is 9.89. The zero-order valence-electron chi connectivity index (χ0n) is 7.33. The van der Waals surface area contributed by atoms with Crippen LogP contribution in [0.4, 0.5) is 0 Å². The van der Waals surface area contributed by atoms with Crippen LogP contribution in [-0.4, -0.2) is 35.0 Å². The lowest BCUT2D eigenvalue weighted by Crippen LogP contribution is -2.27. The van der Waals surface area contributed by atoms with E-state index < -0.39 is 9.76 Å². The molecule has 1 saturated heterocycles. The van der Waals surface area contributed by atoms with Crippen molar-refractivity contribution in [1.82, 2.24) is 0 Å². The molecule has 1 heterocycles. The van der Waals surface area contributed by atoms with Gasteiger partial charge in [-0.3, -0.25) is 0 Å². The minimum Gasteiger partial charge on any atom is -0.421 e. The summed E-state index contributed by atoms with van der Waals surface area (Å²) in [6.45, 7) is 1.49. The zero-order chi connectivity index (χ0) is 8.65. The molecule has 0 amide bonds. The molecule has 1 rings (SSSR count). The number of hydrogen-bond donors (Lipinski definition) is 0. The van der Waals surface area contributed by atoms with Gasteiger partial charge in [-0.25, -0.2) is 0 Å². The molecule has 12 heavy (non-hydrogen) atoms. The summed E-state index contributed by atoms with van der Waals surface area (Å²) in [6.07, 6.45) is 5.05. The molecule has 0 spiro atoms. The van der Waals surface area contributed by atoms with E-state index in [9.17, 15) is 4.79 Å². The van der Waals surface area contributed by atoms with E-state index in [1.165, 1.54) is 12.8 Å². The third-order valence-electron chi connectivity index (χ3n) is 1.96. The Morgan fingerprint density at radius 2 is 2.50 bits per heavy atom. The second-order valence-corrected chi connectivity index (χ2v) is 4.67. The standard InChI is InChI=1S/C8H16O3Si/c9-5-3-7-11-12-8-4-1-2-6-10-8/h5,8H,1-4,6-7,12H2. The first-order valence-corrected chi connectivity index (χ1v) is 5.96. The fraction of sp³-hybridized carbons (Fsp3) is 0.875. The second kappa shape index (κ2) is 6.34. The van der Waals surface area contributed by atoms with Gasteiger partial charge in [0.25, 0.3) is 0 Å². The van der Waals surface area contributed by atoms with Crippen molar-refractivity contribution in [2.45, 2.75) is 31.4 Å². The SMILES string of the molecule is O=CCCO[SiH2]C1CCCCO1. The third kappa shape index (κ3) is 3.99. The summed E-state index contributed by atoms with van der Waals surface area (Å²) in [5, 5.41) is 0. The minimum absolute atomic E-state index is 0.408. The molecule has 4 heteroatoms. The second-order valence-electron chi connectivity index (χ2n) is 3.02. The van der Waals surface area contributed by atoms with Crippen LogP contribution in [-0.2, 0) is 14.0 Å². The van der Waals surface area contributed by atoms with E-state index in [1.807, 2.05) is 0 Å². The van der Waals surface area contributed by atoms with Gasteiger partial charge in [0.15, 0.2) is 9.76 Å². The van der Waals surface area contributed by atoms with Gasteiger partial charge in [0.05, 0.1) is 5.73 Å². The van der Waals surface area contributed by atoms with Gasteiger partial charge in [-0.1, -0.05) is 0 Å². The van der Waals surface area contributed by atoms with Crippen molar-refractivity contribution in [3.05, 3.63) is 0 Å². The van der Waals surface area contributed by atoms with E-state index in [4.69, 9.17) is 9.16 Å². The summed E-state index contributed by atoms with van der Waals surface area (Å²) in [4.78, 5) is 9.96. The van der Waals surface area contributed by atoms with Crippen molar-refractivity contribution >= 4 is 16.0 Å². The maximum Gasteiger partial charge on any atom is 0.190 e. The maximum atomic E-state index is 9.96.